The van der Waals surface area contributed by atoms with E-state index in [-0.39, 0.29) is 17.4 Å². The average Bonchev–Trinajstić information content (AvgIpc) is 3.63. The molecule has 6 aliphatic carbocycles. The third-order valence-corrected chi connectivity index (χ3v) is 10.9. The number of esters is 1. The minimum absolute atomic E-state index is 0.119. The Balaban J connectivity index is 0.000000128. The molecule has 0 amide bonds. The number of rotatable bonds is 11. The Morgan fingerprint density at radius 1 is 0.816 bits per heavy atom. The zero-order valence-corrected chi connectivity index (χ0v) is 21.9. The molecule has 4 spiro atoms. The smallest absolute Gasteiger partial charge is 0.345 e. The van der Waals surface area contributed by atoms with Crippen LogP contribution in [0.4, 0.5) is 0 Å². The number of H-pyrrole nitrogens is 2. The first-order valence-corrected chi connectivity index (χ1v) is 14.2. The monoisotopic (exact) mass is 524 g/mol. The molecule has 6 fully saturated rings. The second kappa shape index (κ2) is 8.23. The highest BCUT2D eigenvalue weighted by Crippen LogP contribution is 2.93. The van der Waals surface area contributed by atoms with E-state index in [1.54, 1.807) is 6.92 Å². The molecule has 6 saturated carbocycles. The van der Waals surface area contributed by atoms with Crippen molar-refractivity contribution in [1.29, 1.82) is 0 Å². The van der Waals surface area contributed by atoms with Gasteiger partial charge in [0.25, 0.3) is 0 Å². The first kappa shape index (κ1) is 24.0. The van der Waals surface area contributed by atoms with Gasteiger partial charge in [-0.05, 0) is 105 Å². The molecule has 2 heterocycles. The Hall–Kier alpha value is -3.04. The van der Waals surface area contributed by atoms with Crippen molar-refractivity contribution in [3.63, 3.8) is 0 Å². The molecule has 0 radical (unpaired) electrons. The number of carbonyl (C=O) groups excluding carboxylic acids is 1. The van der Waals surface area contributed by atoms with Crippen LogP contribution in [0.5, 0.6) is 11.8 Å². The number of nitrogens with one attached hydrogen (secondary N) is 2. The molecule has 8 rings (SSSR count). The standard InChI is InChI=1S/C15H20N2O3.C13H16N2O3/c1-2-19-13(18)10-9-16-17-12(10)20-8-3-11-14(4-5-14)15(11)6-7-15;16-11(17)8-7-14-15-10(8)18-6-1-9-12(2-3-12)13(9)4-5-13/h9,11H,2-8H2,1H3,(H,16,17);7,9H,1-6H2,(H,14,15)(H,16,17). The molecule has 10 heteroatoms. The zero-order valence-electron chi connectivity index (χ0n) is 21.9. The maximum absolute atomic E-state index is 11.7. The van der Waals surface area contributed by atoms with Crippen LogP contribution >= 0.6 is 0 Å². The van der Waals surface area contributed by atoms with E-state index in [9.17, 15) is 9.59 Å². The number of carbonyl (C=O) groups is 2. The summed E-state index contributed by atoms with van der Waals surface area (Å²) in [7, 11) is 0. The maximum Gasteiger partial charge on any atom is 0.345 e. The number of carboxylic acids is 1. The fourth-order valence-electron chi connectivity index (χ4n) is 8.54. The second-order valence-corrected chi connectivity index (χ2v) is 12.3. The second-order valence-electron chi connectivity index (χ2n) is 12.3. The van der Waals surface area contributed by atoms with E-state index in [4.69, 9.17) is 19.3 Å². The summed E-state index contributed by atoms with van der Waals surface area (Å²) in [4.78, 5) is 22.6. The maximum atomic E-state index is 11.7. The number of aromatic amines is 2. The molecule has 10 nitrogen and oxygen atoms in total. The predicted molar refractivity (Wildman–Crippen MR) is 134 cm³/mol. The highest BCUT2D eigenvalue weighted by molar-refractivity contribution is 5.91. The van der Waals surface area contributed by atoms with Crippen LogP contribution in [0, 0.1) is 33.5 Å². The predicted octanol–water partition coefficient (Wildman–Crippen LogP) is 4.61. The van der Waals surface area contributed by atoms with Crippen LogP contribution in [0.2, 0.25) is 0 Å². The third kappa shape index (κ3) is 3.51. The van der Waals surface area contributed by atoms with Crippen LogP contribution in [0.25, 0.3) is 0 Å². The summed E-state index contributed by atoms with van der Waals surface area (Å²) >= 11 is 0. The van der Waals surface area contributed by atoms with Gasteiger partial charge in [-0.25, -0.2) is 19.8 Å². The third-order valence-electron chi connectivity index (χ3n) is 10.9. The number of hydrogen-bond donors (Lipinski definition) is 3. The summed E-state index contributed by atoms with van der Waals surface area (Å²) < 4.78 is 16.2. The topological polar surface area (TPSA) is 139 Å². The summed E-state index contributed by atoms with van der Waals surface area (Å²) in [6.45, 7) is 3.39. The SMILES string of the molecule is CCOC(=O)c1cn[nH]c1OCCC1C2(CC2)C12CC2.O=C(O)c1cn[nH]c1OCCC1C2(CC2)C12CC2. The van der Waals surface area contributed by atoms with Gasteiger partial charge < -0.3 is 19.3 Å². The molecule has 6 aliphatic rings. The van der Waals surface area contributed by atoms with E-state index in [2.05, 4.69) is 20.4 Å². The Bertz CT molecular complexity index is 1210. The molecular formula is C28H36N4O6. The normalized spacial score (nSPS) is 24.6. The van der Waals surface area contributed by atoms with Crippen molar-refractivity contribution in [2.45, 2.75) is 71.1 Å². The number of nitrogens with zero attached hydrogens (tertiary/aromatic N) is 2. The van der Waals surface area contributed by atoms with E-state index >= 15 is 0 Å². The van der Waals surface area contributed by atoms with Crippen LogP contribution in [0.15, 0.2) is 12.4 Å². The molecule has 0 bridgehead atoms. The Morgan fingerprint density at radius 3 is 1.63 bits per heavy atom. The van der Waals surface area contributed by atoms with Gasteiger partial charge in [0.05, 0.1) is 32.2 Å². The fraction of sp³-hybridized carbons (Fsp3) is 0.714. The fourth-order valence-corrected chi connectivity index (χ4v) is 8.54. The first-order valence-electron chi connectivity index (χ1n) is 14.2. The van der Waals surface area contributed by atoms with Gasteiger partial charge in [0.15, 0.2) is 0 Å². The minimum Gasteiger partial charge on any atom is -0.477 e. The van der Waals surface area contributed by atoms with Gasteiger partial charge in [0.2, 0.25) is 11.8 Å². The average molecular weight is 525 g/mol. The molecule has 3 N–H and O–H groups in total. The van der Waals surface area contributed by atoms with E-state index < -0.39 is 5.97 Å². The zero-order chi connectivity index (χ0) is 26.2. The summed E-state index contributed by atoms with van der Waals surface area (Å²) in [6, 6.07) is 0. The lowest BCUT2D eigenvalue weighted by Crippen LogP contribution is -2.08. The number of fused-ring (bicyclic) bond motifs is 2. The van der Waals surface area contributed by atoms with Crippen molar-refractivity contribution < 1.29 is 28.9 Å². The largest absolute Gasteiger partial charge is 0.477 e. The van der Waals surface area contributed by atoms with Crippen molar-refractivity contribution in [3.05, 3.63) is 23.5 Å². The Kier molecular flexibility index (Phi) is 5.20. The van der Waals surface area contributed by atoms with Gasteiger partial charge in [-0.1, -0.05) is 0 Å². The van der Waals surface area contributed by atoms with E-state index in [1.165, 1.54) is 63.8 Å². The molecule has 0 saturated heterocycles. The lowest BCUT2D eigenvalue weighted by atomic mass is 10.2. The minimum atomic E-state index is -0.998. The van der Waals surface area contributed by atoms with Crippen molar-refractivity contribution in [2.24, 2.45) is 33.5 Å². The van der Waals surface area contributed by atoms with Crippen LogP contribution in [0.3, 0.4) is 0 Å². The van der Waals surface area contributed by atoms with Crippen LogP contribution < -0.4 is 9.47 Å². The molecule has 0 unspecified atom stereocenters. The number of aromatic carboxylic acids is 1. The summed E-state index contributed by atoms with van der Waals surface area (Å²) in [6.07, 6.45) is 16.2. The lowest BCUT2D eigenvalue weighted by molar-refractivity contribution is 0.0521. The van der Waals surface area contributed by atoms with Gasteiger partial charge in [-0.3, -0.25) is 0 Å². The first-order chi connectivity index (χ1) is 18.4. The quantitative estimate of drug-likeness (QED) is 0.362. The van der Waals surface area contributed by atoms with Crippen molar-refractivity contribution >= 4 is 11.9 Å². The molecule has 204 valence electrons. The summed E-state index contributed by atoms with van der Waals surface area (Å²) in [5.74, 6) is 1.06. The van der Waals surface area contributed by atoms with Crippen LogP contribution in [-0.4, -0.2) is 57.3 Å². The molecule has 0 atom stereocenters. The van der Waals surface area contributed by atoms with E-state index in [0.717, 1.165) is 24.7 Å². The number of carboxylic acid groups (broad SMARTS) is 1. The van der Waals surface area contributed by atoms with Crippen LogP contribution in [-0.2, 0) is 4.74 Å². The number of aromatic nitrogens is 4. The number of hydrogen-bond acceptors (Lipinski definition) is 7. The van der Waals surface area contributed by atoms with Crippen molar-refractivity contribution in [2.75, 3.05) is 19.8 Å². The van der Waals surface area contributed by atoms with E-state index in [1.807, 2.05) is 0 Å². The molecular weight excluding hydrogens is 488 g/mol. The Labute approximate surface area is 221 Å². The Morgan fingerprint density at radius 2 is 1.24 bits per heavy atom. The molecule has 2 aromatic heterocycles. The number of ether oxygens (including phenoxy) is 3. The highest BCUT2D eigenvalue weighted by atomic mass is 16.5. The van der Waals surface area contributed by atoms with Crippen molar-refractivity contribution in [1.82, 2.24) is 20.4 Å². The highest BCUT2D eigenvalue weighted by Gasteiger charge is 2.86. The van der Waals surface area contributed by atoms with E-state index in [0.29, 0.717) is 52.9 Å². The van der Waals surface area contributed by atoms with Gasteiger partial charge in [0, 0.05) is 0 Å². The van der Waals surface area contributed by atoms with Gasteiger partial charge in [-0.15, -0.1) is 0 Å². The molecule has 2 aromatic rings. The van der Waals surface area contributed by atoms with Crippen molar-refractivity contribution in [3.8, 4) is 11.8 Å². The van der Waals surface area contributed by atoms with Crippen LogP contribution in [0.1, 0.15) is 91.8 Å². The summed E-state index contributed by atoms with van der Waals surface area (Å²) in [5.41, 5.74) is 3.33. The molecule has 38 heavy (non-hydrogen) atoms. The van der Waals surface area contributed by atoms with Gasteiger partial charge in [0.1, 0.15) is 11.1 Å². The molecule has 0 aliphatic heterocycles. The van der Waals surface area contributed by atoms with Gasteiger partial charge >= 0.3 is 11.9 Å². The van der Waals surface area contributed by atoms with Gasteiger partial charge in [-0.2, -0.15) is 10.2 Å². The lowest BCUT2D eigenvalue weighted by Gasteiger charge is -2.06. The summed E-state index contributed by atoms with van der Waals surface area (Å²) in [5, 5.41) is 21.8. The molecule has 0 aromatic carbocycles.